The summed E-state index contributed by atoms with van der Waals surface area (Å²) in [6.45, 7) is 15.9. The maximum Gasteiger partial charge on any atom is 0.247 e. The highest BCUT2D eigenvalue weighted by Gasteiger charge is 2.21. The summed E-state index contributed by atoms with van der Waals surface area (Å²) in [6, 6.07) is 6.22. The van der Waals surface area contributed by atoms with Crippen molar-refractivity contribution in [1.82, 2.24) is 15.6 Å². The van der Waals surface area contributed by atoms with E-state index in [1.54, 1.807) is 0 Å². The van der Waals surface area contributed by atoms with E-state index < -0.39 is 0 Å². The van der Waals surface area contributed by atoms with Gasteiger partial charge < -0.3 is 10.1 Å². The first-order chi connectivity index (χ1) is 21.1. The number of carbonyl (C=O) groups is 1. The molecule has 1 aromatic carbocycles. The number of benzene rings is 1. The van der Waals surface area contributed by atoms with Crippen molar-refractivity contribution in [2.24, 2.45) is 5.10 Å². The molecule has 2 aliphatic carbocycles. The van der Waals surface area contributed by atoms with Crippen LogP contribution < -0.4 is 15.5 Å². The van der Waals surface area contributed by atoms with Crippen molar-refractivity contribution in [2.75, 3.05) is 26.2 Å². The van der Waals surface area contributed by atoms with E-state index in [-0.39, 0.29) is 11.9 Å². The minimum Gasteiger partial charge on any atom is -0.493 e. The maximum absolute atomic E-state index is 13.3. The zero-order valence-corrected chi connectivity index (χ0v) is 26.8. The molecule has 0 aromatic heterocycles. The van der Waals surface area contributed by atoms with Crippen LogP contribution in [-0.2, 0) is 11.2 Å². The van der Waals surface area contributed by atoms with E-state index in [2.05, 4.69) is 64.3 Å². The number of fused-ring (bicyclic) bond motifs is 1. The average Bonchev–Trinajstić information content (AvgIpc) is 3.35. The van der Waals surface area contributed by atoms with Crippen molar-refractivity contribution in [2.45, 2.75) is 73.3 Å². The van der Waals surface area contributed by atoms with Gasteiger partial charge in [-0.15, -0.1) is 5.73 Å². The summed E-state index contributed by atoms with van der Waals surface area (Å²) >= 11 is 0. The summed E-state index contributed by atoms with van der Waals surface area (Å²) in [4.78, 5) is 15.7. The Morgan fingerprint density at radius 1 is 1.19 bits per heavy atom. The van der Waals surface area contributed by atoms with Gasteiger partial charge in [0.15, 0.2) is 0 Å². The van der Waals surface area contributed by atoms with Gasteiger partial charge in [0.05, 0.1) is 12.3 Å². The lowest BCUT2D eigenvalue weighted by Crippen LogP contribution is -2.35. The van der Waals surface area contributed by atoms with E-state index in [4.69, 9.17) is 4.74 Å². The summed E-state index contributed by atoms with van der Waals surface area (Å²) in [5.74, 6) is 0.902. The number of hydrogen-bond donors (Lipinski definition) is 2. The highest BCUT2D eigenvalue weighted by atomic mass is 16.5. The molecule has 4 aliphatic rings. The molecule has 5 rings (SSSR count). The van der Waals surface area contributed by atoms with E-state index in [1.165, 1.54) is 11.1 Å². The summed E-state index contributed by atoms with van der Waals surface area (Å²) in [5, 5.41) is 7.84. The fraction of sp³-hybridized carbons (Fsp3) is 0.405. The van der Waals surface area contributed by atoms with Crippen molar-refractivity contribution in [3.05, 3.63) is 112 Å². The minimum absolute atomic E-state index is 0.0366. The Kier molecular flexibility index (Phi) is 13.8. The van der Waals surface area contributed by atoms with Gasteiger partial charge in [0.1, 0.15) is 11.5 Å². The monoisotopic (exact) mass is 580 g/mol. The lowest BCUT2D eigenvalue weighted by Gasteiger charge is -2.22. The van der Waals surface area contributed by atoms with Crippen LogP contribution >= 0.6 is 0 Å². The highest BCUT2D eigenvalue weighted by Crippen LogP contribution is 2.28. The first-order valence-corrected chi connectivity index (χ1v) is 15.9. The lowest BCUT2D eigenvalue weighted by atomic mass is 9.95. The molecule has 228 valence electrons. The summed E-state index contributed by atoms with van der Waals surface area (Å²) in [6.07, 6.45) is 19.4. The van der Waals surface area contributed by atoms with E-state index in [0.29, 0.717) is 18.6 Å². The molecule has 0 spiro atoms. The van der Waals surface area contributed by atoms with Crippen molar-refractivity contribution >= 4 is 11.6 Å². The Morgan fingerprint density at radius 2 is 2.02 bits per heavy atom. The maximum atomic E-state index is 13.3. The SMILES string of the molecule is CC.CC.CCN(CCCC(C)NC(=O)/C1=C/C2=C=C(/C=C\C1)NN=C2c1ccc2c(c1)CCO2)CC1=CC=C=CC=C1. The second-order valence-electron chi connectivity index (χ2n) is 10.2. The van der Waals surface area contributed by atoms with Crippen LogP contribution in [0, 0.1) is 0 Å². The van der Waals surface area contributed by atoms with Crippen LogP contribution in [0.2, 0.25) is 0 Å². The number of nitrogens with zero attached hydrogens (tertiary/aromatic N) is 2. The molecule has 6 nitrogen and oxygen atoms in total. The first kappa shape index (κ1) is 33.4. The molecule has 2 heterocycles. The van der Waals surface area contributed by atoms with Crippen LogP contribution in [0.15, 0.2) is 106 Å². The molecule has 1 atom stereocenters. The molecule has 0 radical (unpaired) electrons. The Bertz CT molecular complexity index is 1410. The fourth-order valence-corrected chi connectivity index (χ4v) is 5.06. The molecule has 0 fully saturated rings. The predicted molar refractivity (Wildman–Crippen MR) is 179 cm³/mol. The zero-order valence-electron chi connectivity index (χ0n) is 26.8. The minimum atomic E-state index is -0.0366. The van der Waals surface area contributed by atoms with Gasteiger partial charge in [0.2, 0.25) is 5.91 Å². The number of rotatable bonds is 10. The second-order valence-corrected chi connectivity index (χ2v) is 10.2. The molecule has 0 saturated heterocycles. The Labute approximate surface area is 258 Å². The number of nitrogens with one attached hydrogen (secondary N) is 2. The molecule has 43 heavy (non-hydrogen) atoms. The topological polar surface area (TPSA) is 66.0 Å². The first-order valence-electron chi connectivity index (χ1n) is 15.9. The molecule has 1 aromatic rings. The second kappa shape index (κ2) is 17.8. The molecule has 2 bridgehead atoms. The van der Waals surface area contributed by atoms with E-state index in [9.17, 15) is 4.79 Å². The van der Waals surface area contributed by atoms with Gasteiger partial charge in [-0.1, -0.05) is 58.6 Å². The molecular formula is C37H48N4O2. The average molecular weight is 581 g/mol. The standard InChI is InChI=1S/C33H36N4O2.2C2H6/c1-3-37(23-25-11-6-4-5-7-12-25)18-9-10-24(2)34-33(38)28-13-8-14-30-22-29(21-28)32(36-35-30)27-15-16-31-26(20-27)17-19-39-31;2*1-2/h4,6-8,11-12,14-16,20-21,24,35H,3,9-10,13,17-19,23H2,1-2H3,(H,34,38);2*1-2H3/b14-8-,28-21+;;. The fourth-order valence-electron chi connectivity index (χ4n) is 5.06. The van der Waals surface area contributed by atoms with Crippen molar-refractivity contribution < 1.29 is 9.53 Å². The molecule has 1 unspecified atom stereocenters. The molecule has 6 heteroatoms. The van der Waals surface area contributed by atoms with E-state index >= 15 is 0 Å². The molecular weight excluding hydrogens is 532 g/mol. The predicted octanol–water partition coefficient (Wildman–Crippen LogP) is 7.09. The smallest absolute Gasteiger partial charge is 0.247 e. The van der Waals surface area contributed by atoms with Gasteiger partial charge in [-0.2, -0.15) is 5.10 Å². The van der Waals surface area contributed by atoms with Crippen molar-refractivity contribution in [3.8, 4) is 5.75 Å². The molecule has 1 amide bonds. The van der Waals surface area contributed by atoms with E-state index in [0.717, 1.165) is 67.2 Å². The normalized spacial score (nSPS) is 18.4. The van der Waals surface area contributed by atoms with Crippen LogP contribution in [0.4, 0.5) is 0 Å². The van der Waals surface area contributed by atoms with Crippen molar-refractivity contribution in [3.63, 3.8) is 0 Å². The third kappa shape index (κ3) is 9.73. The highest BCUT2D eigenvalue weighted by molar-refractivity contribution is 6.15. The number of allylic oxidation sites excluding steroid dienone is 6. The van der Waals surface area contributed by atoms with Crippen LogP contribution in [0.1, 0.15) is 71.9 Å². The third-order valence-corrected chi connectivity index (χ3v) is 7.25. The van der Waals surface area contributed by atoms with Crippen LogP contribution in [0.5, 0.6) is 5.75 Å². The number of likely N-dealkylation sites (N-methyl/N-ethyl adjacent to an activating group) is 1. The van der Waals surface area contributed by atoms with Crippen LogP contribution in [0.3, 0.4) is 0 Å². The van der Waals surface area contributed by atoms with Crippen molar-refractivity contribution in [1.29, 1.82) is 0 Å². The van der Waals surface area contributed by atoms with Crippen LogP contribution in [0.25, 0.3) is 0 Å². The Balaban J connectivity index is 0.00000121. The number of ether oxygens (including phenoxy) is 1. The summed E-state index contributed by atoms with van der Waals surface area (Å²) in [5.41, 5.74) is 16.2. The van der Waals surface area contributed by atoms with Gasteiger partial charge in [0, 0.05) is 35.7 Å². The zero-order chi connectivity index (χ0) is 31.0. The number of hydrazone groups is 1. The number of carbonyl (C=O) groups excluding carboxylic acids is 1. The number of hydrogen-bond acceptors (Lipinski definition) is 5. The molecule has 2 aliphatic heterocycles. The quantitative estimate of drug-likeness (QED) is 0.290. The number of amides is 1. The largest absolute Gasteiger partial charge is 0.493 e. The summed E-state index contributed by atoms with van der Waals surface area (Å²) < 4.78 is 5.66. The lowest BCUT2D eigenvalue weighted by molar-refractivity contribution is -0.118. The van der Waals surface area contributed by atoms with Gasteiger partial charge >= 0.3 is 0 Å². The van der Waals surface area contributed by atoms with Gasteiger partial charge in [-0.05, 0) is 99.0 Å². The Morgan fingerprint density at radius 3 is 2.84 bits per heavy atom. The van der Waals surface area contributed by atoms with Gasteiger partial charge in [-0.25, -0.2) is 0 Å². The molecule has 0 saturated carbocycles. The molecule has 2 N–H and O–H groups in total. The van der Waals surface area contributed by atoms with E-state index in [1.807, 2.05) is 76.3 Å². The van der Waals surface area contributed by atoms with Crippen LogP contribution in [-0.4, -0.2) is 48.8 Å². The summed E-state index contributed by atoms with van der Waals surface area (Å²) in [7, 11) is 0. The third-order valence-electron chi connectivity index (χ3n) is 7.25. The Hall–Kier alpha value is -4.08. The van der Waals surface area contributed by atoms with Gasteiger partial charge in [-0.3, -0.25) is 15.1 Å². The van der Waals surface area contributed by atoms with Gasteiger partial charge in [0.25, 0.3) is 0 Å².